The molecule has 3 heteroatoms. The summed E-state index contributed by atoms with van der Waals surface area (Å²) < 4.78 is 0. The van der Waals surface area contributed by atoms with E-state index in [0.717, 1.165) is 0 Å². The Hall–Kier alpha value is 0.857. The summed E-state index contributed by atoms with van der Waals surface area (Å²) in [5.74, 6) is 2.53. The van der Waals surface area contributed by atoms with E-state index in [9.17, 15) is 0 Å². The Morgan fingerprint density at radius 1 is 1.40 bits per heavy atom. The van der Waals surface area contributed by atoms with Crippen LogP contribution in [0.3, 0.4) is 0 Å². The first kappa shape index (κ1) is 10.9. The van der Waals surface area contributed by atoms with Crippen LogP contribution in [0.1, 0.15) is 13.3 Å². The Bertz CT molecular complexity index is 80.2. The summed E-state index contributed by atoms with van der Waals surface area (Å²) in [5, 5.41) is 0. The summed E-state index contributed by atoms with van der Waals surface area (Å²) in [7, 11) is -1.25. The van der Waals surface area contributed by atoms with Gasteiger partial charge in [-0.3, -0.25) is 0 Å². The maximum absolute atomic E-state index is 6.14. The first-order valence-corrected chi connectivity index (χ1v) is 9.20. The Labute approximate surface area is 74.4 Å². The second-order valence-corrected chi connectivity index (χ2v) is 11.4. The molecule has 0 aliphatic rings. The molecule has 0 amide bonds. The van der Waals surface area contributed by atoms with Crippen LogP contribution in [0.4, 0.5) is 0 Å². The highest BCUT2D eigenvalue weighted by molar-refractivity contribution is 7.99. The molecule has 0 unspecified atom stereocenters. The van der Waals surface area contributed by atoms with Gasteiger partial charge in [0, 0.05) is 0 Å². The molecule has 0 saturated carbocycles. The Morgan fingerprint density at radius 3 is 2.40 bits per heavy atom. The summed E-state index contributed by atoms with van der Waals surface area (Å²) in [4.78, 5) is 0. The highest BCUT2D eigenvalue weighted by atomic mass is 35.6. The average molecular weight is 197 g/mol. The number of hydrogen-bond acceptors (Lipinski definition) is 1. The third kappa shape index (κ3) is 8.86. The molecule has 0 radical (unpaired) electrons. The van der Waals surface area contributed by atoms with E-state index in [1.165, 1.54) is 24.0 Å². The summed E-state index contributed by atoms with van der Waals surface area (Å²) in [6.45, 7) is 6.63. The highest BCUT2D eigenvalue weighted by Crippen LogP contribution is 2.17. The molecule has 0 heterocycles. The minimum absolute atomic E-state index is 1.24. The van der Waals surface area contributed by atoms with Crippen molar-refractivity contribution < 1.29 is 0 Å². The van der Waals surface area contributed by atoms with E-state index >= 15 is 0 Å². The fourth-order valence-corrected chi connectivity index (χ4v) is 3.05. The molecule has 0 spiro atoms. The zero-order valence-electron chi connectivity index (χ0n) is 7.11. The van der Waals surface area contributed by atoms with Crippen molar-refractivity contribution in [3.63, 3.8) is 0 Å². The van der Waals surface area contributed by atoms with Crippen molar-refractivity contribution in [1.82, 2.24) is 0 Å². The molecule has 0 nitrogen and oxygen atoms in total. The molecule has 0 aliphatic heterocycles. The zero-order chi connectivity index (χ0) is 8.04. The van der Waals surface area contributed by atoms with Crippen LogP contribution in [0.5, 0.6) is 0 Å². The van der Waals surface area contributed by atoms with E-state index < -0.39 is 7.38 Å². The molecule has 0 atom stereocenters. The molecule has 0 rings (SSSR count). The monoisotopic (exact) mass is 196 g/mol. The van der Waals surface area contributed by atoms with Crippen molar-refractivity contribution in [3.05, 3.63) is 0 Å². The third-order valence-corrected chi connectivity index (χ3v) is 4.36. The van der Waals surface area contributed by atoms with Crippen molar-refractivity contribution in [1.29, 1.82) is 0 Å². The van der Waals surface area contributed by atoms with E-state index in [1.54, 1.807) is 0 Å². The van der Waals surface area contributed by atoms with E-state index in [1.807, 2.05) is 11.8 Å². The van der Waals surface area contributed by atoms with E-state index in [2.05, 4.69) is 20.0 Å². The molecule has 0 aromatic heterocycles. The summed E-state index contributed by atoms with van der Waals surface area (Å²) in [6, 6.07) is 1.27. The predicted octanol–water partition coefficient (Wildman–Crippen LogP) is 3.57. The van der Waals surface area contributed by atoms with Crippen LogP contribution >= 0.6 is 22.8 Å². The number of rotatable bonds is 5. The van der Waals surface area contributed by atoms with Gasteiger partial charge in [-0.1, -0.05) is 20.0 Å². The number of halogens is 1. The third-order valence-electron chi connectivity index (χ3n) is 1.26. The lowest BCUT2D eigenvalue weighted by Crippen LogP contribution is -2.15. The van der Waals surface area contributed by atoms with E-state index in [-0.39, 0.29) is 0 Å². The van der Waals surface area contributed by atoms with Crippen LogP contribution in [-0.4, -0.2) is 18.9 Å². The molecule has 0 aromatic rings. The normalized spacial score (nSPS) is 12.0. The van der Waals surface area contributed by atoms with Gasteiger partial charge in [0.2, 0.25) is 0 Å². The van der Waals surface area contributed by atoms with Crippen LogP contribution in [0.2, 0.25) is 19.1 Å². The van der Waals surface area contributed by atoms with Crippen LogP contribution in [0.15, 0.2) is 0 Å². The Balaban J connectivity index is 3.04. The summed E-state index contributed by atoms with van der Waals surface area (Å²) in [6.07, 6.45) is 1.31. The number of hydrogen-bond donors (Lipinski definition) is 0. The van der Waals surface area contributed by atoms with Gasteiger partial charge < -0.3 is 0 Å². The van der Waals surface area contributed by atoms with Crippen molar-refractivity contribution in [2.24, 2.45) is 0 Å². The molecular formula is C7H17ClSSi. The van der Waals surface area contributed by atoms with Gasteiger partial charge in [0.25, 0.3) is 0 Å². The molecule has 0 saturated heterocycles. The van der Waals surface area contributed by atoms with Gasteiger partial charge in [0.1, 0.15) is 0 Å². The van der Waals surface area contributed by atoms with Crippen LogP contribution in [0.25, 0.3) is 0 Å². The second-order valence-electron chi connectivity index (χ2n) is 3.02. The van der Waals surface area contributed by atoms with Gasteiger partial charge >= 0.3 is 0 Å². The highest BCUT2D eigenvalue weighted by Gasteiger charge is 2.15. The first-order chi connectivity index (χ1) is 4.56. The average Bonchev–Trinajstić information content (AvgIpc) is 1.78. The second kappa shape index (κ2) is 5.50. The minimum Gasteiger partial charge on any atom is -0.168 e. The minimum atomic E-state index is -1.25. The molecule has 0 aliphatic carbocycles. The summed E-state index contributed by atoms with van der Waals surface area (Å²) >= 11 is 8.15. The topological polar surface area (TPSA) is 0 Å². The smallest absolute Gasteiger partial charge is 0.150 e. The fourth-order valence-electron chi connectivity index (χ4n) is 0.739. The summed E-state index contributed by atoms with van der Waals surface area (Å²) in [5.41, 5.74) is 0. The maximum atomic E-state index is 6.14. The Kier molecular flexibility index (Phi) is 5.97. The standard InChI is InChI=1S/C7H17ClSSi/c1-4-9-6-5-7-10(2,3)8/h4-7H2,1-3H3. The molecule has 0 N–H and O–H groups in total. The van der Waals surface area contributed by atoms with Crippen LogP contribution < -0.4 is 0 Å². The van der Waals surface area contributed by atoms with Crippen molar-refractivity contribution >= 4 is 30.2 Å². The fraction of sp³-hybridized carbons (Fsp3) is 1.00. The Morgan fingerprint density at radius 2 is 2.00 bits per heavy atom. The molecule has 62 valence electrons. The molecule has 0 fully saturated rings. The van der Waals surface area contributed by atoms with Gasteiger partial charge in [-0.25, -0.2) is 0 Å². The number of thioether (sulfide) groups is 1. The molecular weight excluding hydrogens is 180 g/mol. The predicted molar refractivity (Wildman–Crippen MR) is 55.8 cm³/mol. The van der Waals surface area contributed by atoms with Gasteiger partial charge in [0.05, 0.1) is 0 Å². The SMILES string of the molecule is CCSCCC[Si](C)(C)Cl. The van der Waals surface area contributed by atoms with Crippen LogP contribution in [0, 0.1) is 0 Å². The largest absolute Gasteiger partial charge is 0.168 e. The molecule has 0 aromatic carbocycles. The van der Waals surface area contributed by atoms with Crippen molar-refractivity contribution in [2.45, 2.75) is 32.5 Å². The molecule has 10 heavy (non-hydrogen) atoms. The zero-order valence-corrected chi connectivity index (χ0v) is 9.69. The first-order valence-electron chi connectivity index (χ1n) is 3.83. The van der Waals surface area contributed by atoms with Crippen molar-refractivity contribution in [3.8, 4) is 0 Å². The lowest BCUT2D eigenvalue weighted by Gasteiger charge is -2.11. The van der Waals surface area contributed by atoms with Gasteiger partial charge in [-0.15, -0.1) is 0 Å². The lowest BCUT2D eigenvalue weighted by molar-refractivity contribution is 1.07. The van der Waals surface area contributed by atoms with E-state index in [4.69, 9.17) is 11.1 Å². The maximum Gasteiger partial charge on any atom is 0.150 e. The van der Waals surface area contributed by atoms with Gasteiger partial charge in [0.15, 0.2) is 7.38 Å². The van der Waals surface area contributed by atoms with E-state index in [0.29, 0.717) is 0 Å². The van der Waals surface area contributed by atoms with Gasteiger partial charge in [-0.05, 0) is 24.0 Å². The van der Waals surface area contributed by atoms with Gasteiger partial charge in [-0.2, -0.15) is 22.8 Å². The van der Waals surface area contributed by atoms with Crippen LogP contribution in [-0.2, 0) is 0 Å². The quantitative estimate of drug-likeness (QED) is 0.368. The lowest BCUT2D eigenvalue weighted by atomic mass is 10.6. The molecule has 0 bridgehead atoms. The van der Waals surface area contributed by atoms with Crippen molar-refractivity contribution in [2.75, 3.05) is 11.5 Å².